The fraction of sp³-hybridized carbons (Fsp3) is 0.833. The van der Waals surface area contributed by atoms with E-state index in [0.717, 1.165) is 6.92 Å². The zero-order chi connectivity index (χ0) is 9.41. The molecule has 1 fully saturated rings. The van der Waals surface area contributed by atoms with Crippen LogP contribution in [0.4, 0.5) is 13.2 Å². The van der Waals surface area contributed by atoms with Gasteiger partial charge < -0.3 is 10.6 Å². The highest BCUT2D eigenvalue weighted by Crippen LogP contribution is 2.33. The van der Waals surface area contributed by atoms with E-state index in [4.69, 9.17) is 5.41 Å². The molecule has 1 aliphatic heterocycles. The maximum absolute atomic E-state index is 12.3. The molecular weight excluding hydrogens is 251 g/mol. The van der Waals surface area contributed by atoms with Gasteiger partial charge in [-0.05, 0) is 13.3 Å². The molecule has 78 valence electrons. The van der Waals surface area contributed by atoms with E-state index in [-0.39, 0.29) is 35.9 Å². The first-order chi connectivity index (χ1) is 5.35. The van der Waals surface area contributed by atoms with Crippen molar-refractivity contribution < 1.29 is 13.2 Å². The predicted molar refractivity (Wildman–Crippen MR) is 48.3 cm³/mol. The normalized spacial score (nSPS) is 28.5. The molecule has 1 saturated heterocycles. The number of nitrogens with one attached hydrogen (secondary N) is 3. The second-order valence-electron chi connectivity index (χ2n) is 3.01. The largest absolute Gasteiger partial charge is 0.411 e. The van der Waals surface area contributed by atoms with Crippen LogP contribution in [0.5, 0.6) is 0 Å². The fourth-order valence-electron chi connectivity index (χ4n) is 1.03. The van der Waals surface area contributed by atoms with Crippen molar-refractivity contribution in [3.63, 3.8) is 0 Å². The first-order valence-corrected chi connectivity index (χ1v) is 3.52. The average Bonchev–Trinajstić information content (AvgIpc) is 1.83. The van der Waals surface area contributed by atoms with Crippen molar-refractivity contribution in [3.05, 3.63) is 0 Å². The zero-order valence-corrected chi connectivity index (χ0v) is 8.67. The third-order valence-corrected chi connectivity index (χ3v) is 1.95. The lowest BCUT2D eigenvalue weighted by atomic mass is 9.95. The van der Waals surface area contributed by atoms with Crippen molar-refractivity contribution in [1.29, 1.82) is 5.41 Å². The standard InChI is InChI=1S/C6H10F3N3.BrH/c1-5(6(7,8)9)2-3-11-4(10)12-5;/h2-3H2,1H3,(H3,10,11,12);1H/t5-;/m0./s1. The number of halogens is 4. The van der Waals surface area contributed by atoms with Gasteiger partial charge >= 0.3 is 6.18 Å². The Bertz CT molecular complexity index is 206. The molecule has 0 saturated carbocycles. The number of rotatable bonds is 0. The Labute approximate surface area is 84.4 Å². The van der Waals surface area contributed by atoms with Crippen molar-refractivity contribution in [2.24, 2.45) is 0 Å². The molecule has 0 aliphatic carbocycles. The Hall–Kier alpha value is -0.460. The third-order valence-electron chi connectivity index (χ3n) is 1.95. The van der Waals surface area contributed by atoms with Gasteiger partial charge in [-0.15, -0.1) is 17.0 Å². The summed E-state index contributed by atoms with van der Waals surface area (Å²) in [7, 11) is 0. The Morgan fingerprint density at radius 2 is 2.00 bits per heavy atom. The highest BCUT2D eigenvalue weighted by molar-refractivity contribution is 8.93. The molecule has 0 amide bonds. The minimum Gasteiger partial charge on any atom is -0.356 e. The summed E-state index contributed by atoms with van der Waals surface area (Å²) in [6, 6.07) is 0. The van der Waals surface area contributed by atoms with Gasteiger partial charge in [-0.2, -0.15) is 13.2 Å². The molecule has 1 atom stereocenters. The Morgan fingerprint density at radius 3 is 2.31 bits per heavy atom. The number of hydrogen-bond acceptors (Lipinski definition) is 1. The molecule has 0 spiro atoms. The van der Waals surface area contributed by atoms with Crippen LogP contribution >= 0.6 is 17.0 Å². The summed E-state index contributed by atoms with van der Waals surface area (Å²) < 4.78 is 36.9. The number of hydrogen-bond donors (Lipinski definition) is 3. The highest BCUT2D eigenvalue weighted by atomic mass is 79.9. The molecular formula is C6H11BrF3N3. The minimum absolute atomic E-state index is 0. The van der Waals surface area contributed by atoms with E-state index in [1.165, 1.54) is 0 Å². The molecule has 3 N–H and O–H groups in total. The Kier molecular flexibility index (Phi) is 3.60. The first-order valence-electron chi connectivity index (χ1n) is 3.52. The van der Waals surface area contributed by atoms with E-state index in [1.54, 1.807) is 0 Å². The summed E-state index contributed by atoms with van der Waals surface area (Å²) in [5.41, 5.74) is -1.95. The summed E-state index contributed by atoms with van der Waals surface area (Å²) in [4.78, 5) is 0. The summed E-state index contributed by atoms with van der Waals surface area (Å²) >= 11 is 0. The summed E-state index contributed by atoms with van der Waals surface area (Å²) in [5.74, 6) is -0.263. The van der Waals surface area contributed by atoms with E-state index < -0.39 is 11.7 Å². The SMILES string of the molecule is Br.C[C@@]1(C(F)(F)F)CCNC(=N)N1. The van der Waals surface area contributed by atoms with E-state index in [0.29, 0.717) is 0 Å². The van der Waals surface area contributed by atoms with E-state index in [1.807, 2.05) is 0 Å². The molecule has 7 heteroatoms. The molecule has 0 aromatic carbocycles. The van der Waals surface area contributed by atoms with Gasteiger partial charge in [0, 0.05) is 6.54 Å². The Morgan fingerprint density at radius 1 is 1.46 bits per heavy atom. The summed E-state index contributed by atoms with van der Waals surface area (Å²) in [6.45, 7) is 1.24. The molecule has 1 aliphatic rings. The van der Waals surface area contributed by atoms with E-state index >= 15 is 0 Å². The van der Waals surface area contributed by atoms with Gasteiger partial charge in [-0.3, -0.25) is 5.41 Å². The van der Waals surface area contributed by atoms with Crippen molar-refractivity contribution in [2.75, 3.05) is 6.54 Å². The lowest BCUT2D eigenvalue weighted by molar-refractivity contribution is -0.190. The van der Waals surface area contributed by atoms with Crippen molar-refractivity contribution in [3.8, 4) is 0 Å². The fourth-order valence-corrected chi connectivity index (χ4v) is 1.03. The van der Waals surface area contributed by atoms with Crippen molar-refractivity contribution >= 4 is 22.9 Å². The lowest BCUT2D eigenvalue weighted by Crippen LogP contribution is -2.64. The van der Waals surface area contributed by atoms with Crippen LogP contribution in [-0.4, -0.2) is 24.2 Å². The smallest absolute Gasteiger partial charge is 0.356 e. The van der Waals surface area contributed by atoms with Crippen LogP contribution in [0, 0.1) is 5.41 Å². The van der Waals surface area contributed by atoms with Crippen LogP contribution in [0.15, 0.2) is 0 Å². The van der Waals surface area contributed by atoms with Crippen LogP contribution < -0.4 is 10.6 Å². The van der Waals surface area contributed by atoms with E-state index in [9.17, 15) is 13.2 Å². The molecule has 1 rings (SSSR count). The second kappa shape index (κ2) is 3.73. The highest BCUT2D eigenvalue weighted by Gasteiger charge is 2.52. The van der Waals surface area contributed by atoms with Gasteiger partial charge in [0.1, 0.15) is 5.54 Å². The number of guanidine groups is 1. The predicted octanol–water partition coefficient (Wildman–Crippen LogP) is 1.40. The summed E-state index contributed by atoms with van der Waals surface area (Å²) in [5, 5.41) is 11.6. The molecule has 1 heterocycles. The first kappa shape index (κ1) is 12.5. The molecule has 3 nitrogen and oxygen atoms in total. The van der Waals surface area contributed by atoms with Gasteiger partial charge in [0.15, 0.2) is 5.96 Å². The van der Waals surface area contributed by atoms with Crippen LogP contribution in [0.1, 0.15) is 13.3 Å². The second-order valence-corrected chi connectivity index (χ2v) is 3.01. The quantitative estimate of drug-likeness (QED) is 0.618. The molecule has 0 unspecified atom stereocenters. The topological polar surface area (TPSA) is 47.9 Å². The third kappa shape index (κ3) is 2.49. The van der Waals surface area contributed by atoms with Crippen LogP contribution in [0.25, 0.3) is 0 Å². The van der Waals surface area contributed by atoms with Crippen LogP contribution in [0.3, 0.4) is 0 Å². The maximum atomic E-state index is 12.3. The van der Waals surface area contributed by atoms with Gasteiger partial charge in [0.25, 0.3) is 0 Å². The molecule has 0 aromatic heterocycles. The van der Waals surface area contributed by atoms with Crippen molar-refractivity contribution in [2.45, 2.75) is 25.1 Å². The zero-order valence-electron chi connectivity index (χ0n) is 6.96. The Balaban J connectivity index is 0.00000144. The average molecular weight is 262 g/mol. The van der Waals surface area contributed by atoms with Gasteiger partial charge in [-0.1, -0.05) is 0 Å². The summed E-state index contributed by atoms with van der Waals surface area (Å²) in [6.07, 6.45) is -4.36. The van der Waals surface area contributed by atoms with Gasteiger partial charge in [-0.25, -0.2) is 0 Å². The molecule has 13 heavy (non-hydrogen) atoms. The minimum atomic E-state index is -4.30. The maximum Gasteiger partial charge on any atom is 0.411 e. The lowest BCUT2D eigenvalue weighted by Gasteiger charge is -2.37. The van der Waals surface area contributed by atoms with Crippen molar-refractivity contribution in [1.82, 2.24) is 10.6 Å². The van der Waals surface area contributed by atoms with E-state index in [2.05, 4.69) is 10.6 Å². The monoisotopic (exact) mass is 261 g/mol. The molecule has 0 bridgehead atoms. The van der Waals surface area contributed by atoms with Crippen LogP contribution in [-0.2, 0) is 0 Å². The molecule has 0 radical (unpaired) electrons. The van der Waals surface area contributed by atoms with Gasteiger partial charge in [0.2, 0.25) is 0 Å². The molecule has 0 aromatic rings. The number of alkyl halides is 3. The van der Waals surface area contributed by atoms with Crippen LogP contribution in [0.2, 0.25) is 0 Å². The van der Waals surface area contributed by atoms with Gasteiger partial charge in [0.05, 0.1) is 0 Å².